The SMILES string of the molecule is Cl.NCCCCNC(=O)c1ccccc1F. The summed E-state index contributed by atoms with van der Waals surface area (Å²) in [5, 5.41) is 2.64. The Bertz CT molecular complexity index is 334. The first-order valence-electron chi connectivity index (χ1n) is 4.98. The van der Waals surface area contributed by atoms with Crippen LogP contribution in [0.3, 0.4) is 0 Å². The lowest BCUT2D eigenvalue weighted by molar-refractivity contribution is 0.0949. The largest absolute Gasteiger partial charge is 0.352 e. The Morgan fingerprint density at radius 2 is 2.00 bits per heavy atom. The van der Waals surface area contributed by atoms with Crippen molar-refractivity contribution in [1.29, 1.82) is 0 Å². The van der Waals surface area contributed by atoms with E-state index in [0.717, 1.165) is 12.8 Å². The number of carbonyl (C=O) groups excluding carboxylic acids is 1. The molecule has 16 heavy (non-hydrogen) atoms. The van der Waals surface area contributed by atoms with Gasteiger partial charge in [-0.25, -0.2) is 4.39 Å². The van der Waals surface area contributed by atoms with Gasteiger partial charge in [0.05, 0.1) is 5.56 Å². The number of nitrogens with one attached hydrogen (secondary N) is 1. The molecule has 0 aliphatic carbocycles. The van der Waals surface area contributed by atoms with Crippen LogP contribution in [0.4, 0.5) is 4.39 Å². The molecule has 0 unspecified atom stereocenters. The maximum atomic E-state index is 13.1. The molecule has 0 aliphatic rings. The standard InChI is InChI=1S/C11H15FN2O.ClH/c12-10-6-2-1-5-9(10)11(15)14-8-4-3-7-13;/h1-2,5-6H,3-4,7-8,13H2,(H,14,15);1H. The monoisotopic (exact) mass is 246 g/mol. The lowest BCUT2D eigenvalue weighted by atomic mass is 10.2. The quantitative estimate of drug-likeness (QED) is 0.778. The smallest absolute Gasteiger partial charge is 0.254 e. The zero-order valence-electron chi connectivity index (χ0n) is 8.91. The van der Waals surface area contributed by atoms with Gasteiger partial charge in [-0.05, 0) is 31.5 Å². The number of hydrogen-bond donors (Lipinski definition) is 2. The maximum absolute atomic E-state index is 13.1. The van der Waals surface area contributed by atoms with Gasteiger partial charge in [-0.2, -0.15) is 0 Å². The van der Waals surface area contributed by atoms with Crippen LogP contribution in [0.15, 0.2) is 24.3 Å². The number of benzene rings is 1. The first kappa shape index (κ1) is 14.9. The van der Waals surface area contributed by atoms with Gasteiger partial charge in [0.1, 0.15) is 5.82 Å². The van der Waals surface area contributed by atoms with Crippen molar-refractivity contribution in [1.82, 2.24) is 5.32 Å². The molecule has 0 radical (unpaired) electrons. The molecule has 0 atom stereocenters. The van der Waals surface area contributed by atoms with Gasteiger partial charge in [0, 0.05) is 6.54 Å². The Kier molecular flexibility index (Phi) is 7.50. The molecule has 3 N–H and O–H groups in total. The van der Waals surface area contributed by atoms with Gasteiger partial charge in [0.15, 0.2) is 0 Å². The molecule has 1 aromatic carbocycles. The molecule has 90 valence electrons. The predicted molar refractivity (Wildman–Crippen MR) is 64.3 cm³/mol. The van der Waals surface area contributed by atoms with E-state index >= 15 is 0 Å². The molecule has 0 saturated carbocycles. The van der Waals surface area contributed by atoms with E-state index in [1.54, 1.807) is 12.1 Å². The van der Waals surface area contributed by atoms with Crippen molar-refractivity contribution < 1.29 is 9.18 Å². The molecule has 3 nitrogen and oxygen atoms in total. The number of amides is 1. The summed E-state index contributed by atoms with van der Waals surface area (Å²) in [5.41, 5.74) is 5.40. The molecule has 1 aromatic rings. The summed E-state index contributed by atoms with van der Waals surface area (Å²) in [7, 11) is 0. The number of carbonyl (C=O) groups is 1. The summed E-state index contributed by atoms with van der Waals surface area (Å²) in [6, 6.07) is 5.93. The van der Waals surface area contributed by atoms with Crippen molar-refractivity contribution in [3.05, 3.63) is 35.6 Å². The number of unbranched alkanes of at least 4 members (excludes halogenated alkanes) is 1. The summed E-state index contributed by atoms with van der Waals surface area (Å²) in [5.74, 6) is -0.862. The third-order valence-electron chi connectivity index (χ3n) is 2.03. The molecule has 5 heteroatoms. The van der Waals surface area contributed by atoms with Crippen LogP contribution in [0, 0.1) is 5.82 Å². The molecule has 0 heterocycles. The number of nitrogens with two attached hydrogens (primary N) is 1. The zero-order valence-corrected chi connectivity index (χ0v) is 9.73. The Balaban J connectivity index is 0.00000225. The fourth-order valence-corrected chi connectivity index (χ4v) is 1.21. The lowest BCUT2D eigenvalue weighted by Gasteiger charge is -2.05. The Morgan fingerprint density at radius 1 is 1.31 bits per heavy atom. The second kappa shape index (κ2) is 8.07. The van der Waals surface area contributed by atoms with E-state index < -0.39 is 5.82 Å². The van der Waals surface area contributed by atoms with Crippen LogP contribution >= 0.6 is 12.4 Å². The highest BCUT2D eigenvalue weighted by atomic mass is 35.5. The molecule has 0 bridgehead atoms. The summed E-state index contributed by atoms with van der Waals surface area (Å²) in [6.07, 6.45) is 1.67. The van der Waals surface area contributed by atoms with E-state index in [1.807, 2.05) is 0 Å². The van der Waals surface area contributed by atoms with Crippen LogP contribution in [-0.4, -0.2) is 19.0 Å². The highest BCUT2D eigenvalue weighted by Gasteiger charge is 2.08. The molecule has 1 rings (SSSR count). The fourth-order valence-electron chi connectivity index (χ4n) is 1.21. The van der Waals surface area contributed by atoms with Gasteiger partial charge in [-0.3, -0.25) is 4.79 Å². The summed E-state index contributed by atoms with van der Waals surface area (Å²) in [4.78, 5) is 11.4. The van der Waals surface area contributed by atoms with Gasteiger partial charge in [0.2, 0.25) is 0 Å². The van der Waals surface area contributed by atoms with E-state index in [-0.39, 0.29) is 23.9 Å². The highest BCUT2D eigenvalue weighted by molar-refractivity contribution is 5.94. The minimum atomic E-state index is -0.492. The summed E-state index contributed by atoms with van der Waals surface area (Å²) < 4.78 is 13.1. The van der Waals surface area contributed by atoms with Gasteiger partial charge in [-0.15, -0.1) is 12.4 Å². The van der Waals surface area contributed by atoms with Crippen molar-refractivity contribution in [2.24, 2.45) is 5.73 Å². The van der Waals surface area contributed by atoms with Crippen LogP contribution in [-0.2, 0) is 0 Å². The van der Waals surface area contributed by atoms with Crippen LogP contribution in [0.5, 0.6) is 0 Å². The highest BCUT2D eigenvalue weighted by Crippen LogP contribution is 2.05. The lowest BCUT2D eigenvalue weighted by Crippen LogP contribution is -2.25. The molecule has 0 spiro atoms. The first-order chi connectivity index (χ1) is 7.25. The van der Waals surface area contributed by atoms with Crippen molar-refractivity contribution in [3.63, 3.8) is 0 Å². The number of rotatable bonds is 5. The van der Waals surface area contributed by atoms with E-state index in [9.17, 15) is 9.18 Å². The van der Waals surface area contributed by atoms with Crippen LogP contribution < -0.4 is 11.1 Å². The fraction of sp³-hybridized carbons (Fsp3) is 0.364. The van der Waals surface area contributed by atoms with E-state index in [4.69, 9.17) is 5.73 Å². The van der Waals surface area contributed by atoms with Crippen LogP contribution in [0.25, 0.3) is 0 Å². The summed E-state index contributed by atoms with van der Waals surface area (Å²) in [6.45, 7) is 1.14. The summed E-state index contributed by atoms with van der Waals surface area (Å²) >= 11 is 0. The Labute approximate surface area is 101 Å². The topological polar surface area (TPSA) is 55.1 Å². The molecule has 0 fully saturated rings. The third-order valence-corrected chi connectivity index (χ3v) is 2.03. The van der Waals surface area contributed by atoms with Crippen molar-refractivity contribution in [2.75, 3.05) is 13.1 Å². The van der Waals surface area contributed by atoms with E-state index in [0.29, 0.717) is 13.1 Å². The van der Waals surface area contributed by atoms with E-state index in [1.165, 1.54) is 12.1 Å². The predicted octanol–water partition coefficient (Wildman–Crippen LogP) is 1.72. The minimum Gasteiger partial charge on any atom is -0.352 e. The van der Waals surface area contributed by atoms with Crippen LogP contribution in [0.2, 0.25) is 0 Å². The maximum Gasteiger partial charge on any atom is 0.254 e. The first-order valence-corrected chi connectivity index (χ1v) is 4.98. The molecular weight excluding hydrogens is 231 g/mol. The van der Waals surface area contributed by atoms with Gasteiger partial charge in [-0.1, -0.05) is 12.1 Å². The van der Waals surface area contributed by atoms with Gasteiger partial charge < -0.3 is 11.1 Å². The Morgan fingerprint density at radius 3 is 2.62 bits per heavy atom. The minimum absolute atomic E-state index is 0. The molecule has 0 aromatic heterocycles. The number of hydrogen-bond acceptors (Lipinski definition) is 2. The molecule has 0 saturated heterocycles. The van der Waals surface area contributed by atoms with Crippen LogP contribution in [0.1, 0.15) is 23.2 Å². The zero-order chi connectivity index (χ0) is 11.1. The van der Waals surface area contributed by atoms with Gasteiger partial charge in [0.25, 0.3) is 5.91 Å². The van der Waals surface area contributed by atoms with Crippen molar-refractivity contribution >= 4 is 18.3 Å². The van der Waals surface area contributed by atoms with E-state index in [2.05, 4.69) is 5.32 Å². The molecule has 1 amide bonds. The normalized spacial score (nSPS) is 9.38. The average molecular weight is 247 g/mol. The van der Waals surface area contributed by atoms with Gasteiger partial charge >= 0.3 is 0 Å². The van der Waals surface area contributed by atoms with Crippen molar-refractivity contribution in [3.8, 4) is 0 Å². The second-order valence-electron chi connectivity index (χ2n) is 3.23. The Hall–Kier alpha value is -1.13. The molecular formula is C11H16ClFN2O. The average Bonchev–Trinajstić information content (AvgIpc) is 2.25. The molecule has 0 aliphatic heterocycles. The third kappa shape index (κ3) is 4.59. The second-order valence-corrected chi connectivity index (χ2v) is 3.23. The number of halogens is 2. The van der Waals surface area contributed by atoms with Crippen molar-refractivity contribution in [2.45, 2.75) is 12.8 Å².